The molecule has 0 spiro atoms. The molecule has 0 unspecified atom stereocenters. The van der Waals surface area contributed by atoms with Crippen molar-refractivity contribution in [3.05, 3.63) is 33.8 Å². The van der Waals surface area contributed by atoms with Crippen LogP contribution in [0.1, 0.15) is 37.8 Å². The maximum Gasteiger partial charge on any atom is 0.140 e. The van der Waals surface area contributed by atoms with E-state index in [1.54, 1.807) is 6.08 Å². The number of hydrogen-bond donors (Lipinski definition) is 0. The number of benzene rings is 1. The maximum atomic E-state index is 5.93. The molecule has 1 aromatic rings. The highest BCUT2D eigenvalue weighted by atomic mass is 35.5. The third kappa shape index (κ3) is 11.1. The van der Waals surface area contributed by atoms with Gasteiger partial charge in [-0.15, -0.1) is 0 Å². The van der Waals surface area contributed by atoms with Crippen molar-refractivity contribution < 1.29 is 19.0 Å². The Labute approximate surface area is 172 Å². The van der Waals surface area contributed by atoms with Crippen LogP contribution in [-0.2, 0) is 9.57 Å². The van der Waals surface area contributed by atoms with Gasteiger partial charge in [0.25, 0.3) is 0 Å². The van der Waals surface area contributed by atoms with Gasteiger partial charge in [0.15, 0.2) is 0 Å². The summed E-state index contributed by atoms with van der Waals surface area (Å²) in [5.41, 5.74) is 2.96. The Kier molecular flexibility index (Phi) is 12.0. The van der Waals surface area contributed by atoms with Crippen LogP contribution < -0.4 is 9.47 Å². The second-order valence-electron chi connectivity index (χ2n) is 6.23. The van der Waals surface area contributed by atoms with E-state index in [9.17, 15) is 0 Å². The molecule has 5 nitrogen and oxygen atoms in total. The lowest BCUT2D eigenvalue weighted by Crippen LogP contribution is -2.06. The van der Waals surface area contributed by atoms with Crippen molar-refractivity contribution in [3.63, 3.8) is 0 Å². The van der Waals surface area contributed by atoms with Crippen molar-refractivity contribution in [1.29, 1.82) is 0 Å². The van der Waals surface area contributed by atoms with Crippen LogP contribution >= 0.6 is 23.2 Å². The van der Waals surface area contributed by atoms with Gasteiger partial charge in [0.2, 0.25) is 0 Å². The third-order valence-electron chi connectivity index (χ3n) is 3.42. The lowest BCUT2D eigenvalue weighted by atomic mass is 10.1. The van der Waals surface area contributed by atoms with Gasteiger partial charge in [0, 0.05) is 6.61 Å². The number of oxime groups is 1. The van der Waals surface area contributed by atoms with Crippen molar-refractivity contribution in [2.45, 2.75) is 40.5 Å². The minimum absolute atomic E-state index is 0.199. The van der Waals surface area contributed by atoms with Crippen molar-refractivity contribution in [3.8, 4) is 11.5 Å². The largest absolute Gasteiger partial charge is 0.493 e. The molecule has 0 saturated carbocycles. The summed E-state index contributed by atoms with van der Waals surface area (Å²) in [6.07, 6.45) is 3.45. The van der Waals surface area contributed by atoms with Crippen molar-refractivity contribution in [2.75, 3.05) is 33.0 Å². The maximum absolute atomic E-state index is 5.93. The van der Waals surface area contributed by atoms with Gasteiger partial charge in [-0.25, -0.2) is 0 Å². The molecule has 0 amide bonds. The van der Waals surface area contributed by atoms with E-state index in [1.807, 2.05) is 39.8 Å². The fraction of sp³-hybridized carbons (Fsp3) is 0.550. The minimum Gasteiger partial charge on any atom is -0.493 e. The summed E-state index contributed by atoms with van der Waals surface area (Å²) in [6.45, 7) is 10.5. The Morgan fingerprint density at radius 3 is 2.26 bits per heavy atom. The second-order valence-corrected chi connectivity index (χ2v) is 7.24. The molecule has 0 atom stereocenters. The van der Waals surface area contributed by atoms with Crippen LogP contribution in [-0.4, -0.2) is 38.7 Å². The summed E-state index contributed by atoms with van der Waals surface area (Å²) < 4.78 is 17.2. The molecule has 1 rings (SSSR count). The van der Waals surface area contributed by atoms with Crippen molar-refractivity contribution in [2.24, 2.45) is 5.16 Å². The van der Waals surface area contributed by atoms with E-state index in [4.69, 9.17) is 42.3 Å². The molecule has 27 heavy (non-hydrogen) atoms. The number of nitrogens with zero attached hydrogens (tertiary/aromatic N) is 1. The monoisotopic (exact) mass is 417 g/mol. The minimum atomic E-state index is 0.199. The molecule has 0 bridgehead atoms. The lowest BCUT2D eigenvalue weighted by molar-refractivity contribution is 0.0483. The highest BCUT2D eigenvalue weighted by molar-refractivity contribution is 6.55. The van der Waals surface area contributed by atoms with E-state index in [1.165, 1.54) is 0 Å². The Bertz CT molecular complexity index is 601. The lowest BCUT2D eigenvalue weighted by Gasteiger charge is -2.14. The molecule has 7 heteroatoms. The van der Waals surface area contributed by atoms with E-state index in [0.717, 1.165) is 41.2 Å². The normalized spacial score (nSPS) is 10.3. The standard InChI is InChI=1S/C20H29Cl2NO4/c1-15(2)23-27-12-11-24-8-5-6-9-26-20-16(3)13-18(14-17(20)4)25-10-7-19(21)22/h7,13-14H,5-6,8-12H2,1-4H3. The van der Waals surface area contributed by atoms with E-state index in [-0.39, 0.29) is 4.49 Å². The van der Waals surface area contributed by atoms with Crippen LogP contribution in [0.25, 0.3) is 0 Å². The first-order valence-electron chi connectivity index (χ1n) is 8.99. The van der Waals surface area contributed by atoms with E-state index in [0.29, 0.717) is 33.0 Å². The molecule has 0 saturated heterocycles. The van der Waals surface area contributed by atoms with E-state index < -0.39 is 0 Å². The van der Waals surface area contributed by atoms with Gasteiger partial charge in [0.05, 0.1) is 18.9 Å². The third-order valence-corrected chi connectivity index (χ3v) is 3.73. The number of aryl methyl sites for hydroxylation is 2. The Morgan fingerprint density at radius 2 is 1.63 bits per heavy atom. The smallest absolute Gasteiger partial charge is 0.140 e. The van der Waals surface area contributed by atoms with Crippen LogP contribution in [0.15, 0.2) is 27.9 Å². The first-order chi connectivity index (χ1) is 12.9. The molecule has 0 heterocycles. The Hall–Kier alpha value is -1.43. The Morgan fingerprint density at radius 1 is 0.963 bits per heavy atom. The zero-order chi connectivity index (χ0) is 20.1. The topological polar surface area (TPSA) is 49.3 Å². The average molecular weight is 418 g/mol. The first-order valence-corrected chi connectivity index (χ1v) is 9.74. The molecular formula is C20H29Cl2NO4. The molecule has 0 N–H and O–H groups in total. The van der Waals surface area contributed by atoms with Crippen molar-refractivity contribution >= 4 is 28.9 Å². The van der Waals surface area contributed by atoms with Gasteiger partial charge >= 0.3 is 0 Å². The number of ether oxygens (including phenoxy) is 3. The molecule has 1 aromatic carbocycles. The zero-order valence-corrected chi connectivity index (χ0v) is 18.0. The van der Waals surface area contributed by atoms with Gasteiger partial charge in [-0.05, 0) is 69.9 Å². The fourth-order valence-corrected chi connectivity index (χ4v) is 2.40. The summed E-state index contributed by atoms with van der Waals surface area (Å²) in [7, 11) is 0. The van der Waals surface area contributed by atoms with Crippen LogP contribution in [0.5, 0.6) is 11.5 Å². The molecule has 0 aromatic heterocycles. The SMILES string of the molecule is CC(C)=NOCCOCCCCOc1c(C)cc(OCC=C(Cl)Cl)cc1C. The molecule has 0 aliphatic carbocycles. The fourth-order valence-electron chi connectivity index (χ4n) is 2.28. The average Bonchev–Trinajstić information content (AvgIpc) is 2.58. The van der Waals surface area contributed by atoms with Gasteiger partial charge < -0.3 is 19.0 Å². The molecule has 152 valence electrons. The van der Waals surface area contributed by atoms with Crippen LogP contribution in [0.4, 0.5) is 0 Å². The van der Waals surface area contributed by atoms with Crippen LogP contribution in [0.2, 0.25) is 0 Å². The number of halogens is 2. The van der Waals surface area contributed by atoms with Gasteiger partial charge in [-0.1, -0.05) is 28.4 Å². The molecule has 0 radical (unpaired) electrons. The van der Waals surface area contributed by atoms with Gasteiger partial charge in [-0.3, -0.25) is 0 Å². The summed E-state index contributed by atoms with van der Waals surface area (Å²) in [5, 5.41) is 3.85. The zero-order valence-electron chi connectivity index (χ0n) is 16.5. The molecule has 0 fully saturated rings. The number of rotatable bonds is 13. The van der Waals surface area contributed by atoms with Gasteiger partial charge in [-0.2, -0.15) is 0 Å². The predicted octanol–water partition coefficient (Wildman–Crippen LogP) is 5.59. The molecule has 0 aliphatic heterocycles. The van der Waals surface area contributed by atoms with E-state index >= 15 is 0 Å². The number of unbranched alkanes of at least 4 members (excludes halogenated alkanes) is 1. The molecule has 0 aliphatic rings. The summed E-state index contributed by atoms with van der Waals surface area (Å²) in [4.78, 5) is 5.06. The first kappa shape index (κ1) is 23.6. The molecular weight excluding hydrogens is 389 g/mol. The highest BCUT2D eigenvalue weighted by Crippen LogP contribution is 2.28. The Balaban J connectivity index is 2.24. The summed E-state index contributed by atoms with van der Waals surface area (Å²) in [6, 6.07) is 3.89. The summed E-state index contributed by atoms with van der Waals surface area (Å²) in [5.74, 6) is 1.66. The van der Waals surface area contributed by atoms with E-state index in [2.05, 4.69) is 5.16 Å². The highest BCUT2D eigenvalue weighted by Gasteiger charge is 2.07. The van der Waals surface area contributed by atoms with Gasteiger partial charge in [0.1, 0.15) is 29.2 Å². The quantitative estimate of drug-likeness (QED) is 0.238. The second kappa shape index (κ2) is 13.7. The van der Waals surface area contributed by atoms with Crippen LogP contribution in [0, 0.1) is 13.8 Å². The predicted molar refractivity (Wildman–Crippen MR) is 111 cm³/mol. The van der Waals surface area contributed by atoms with Crippen LogP contribution in [0.3, 0.4) is 0 Å². The van der Waals surface area contributed by atoms with Crippen molar-refractivity contribution in [1.82, 2.24) is 0 Å². The summed E-state index contributed by atoms with van der Waals surface area (Å²) >= 11 is 11.1. The number of hydrogen-bond acceptors (Lipinski definition) is 5.